The molecule has 0 N–H and O–H groups in total. The molecule has 0 unspecified atom stereocenters. The highest BCUT2D eigenvalue weighted by Gasteiger charge is 2.22. The van der Waals surface area contributed by atoms with E-state index in [2.05, 4.69) is 45.1 Å². The maximum absolute atomic E-state index is 6.10. The van der Waals surface area contributed by atoms with Gasteiger partial charge in [-0.15, -0.1) is 0 Å². The van der Waals surface area contributed by atoms with Crippen molar-refractivity contribution in [3.8, 4) is 23.0 Å². The number of hydrogen-bond acceptors (Lipinski definition) is 7. The number of hydrogen-bond donors (Lipinski definition) is 0. The molecule has 2 aromatic carbocycles. The fourth-order valence-electron chi connectivity index (χ4n) is 5.09. The van der Waals surface area contributed by atoms with Crippen molar-refractivity contribution in [3.63, 3.8) is 0 Å². The Morgan fingerprint density at radius 2 is 1.63 bits per heavy atom. The monoisotopic (exact) mass is 473 g/mol. The zero-order chi connectivity index (χ0) is 23.5. The van der Waals surface area contributed by atoms with Gasteiger partial charge in [-0.2, -0.15) is 0 Å². The summed E-state index contributed by atoms with van der Waals surface area (Å²) in [5.41, 5.74) is 3.82. The SMILES string of the molecule is c1cncc(OC2CCN(Cc3ccc4c(c3)CN(Cc3ccc5c(c3)OCO5)CCO4)CC2)c1. The second-order valence-corrected chi connectivity index (χ2v) is 9.47. The number of likely N-dealkylation sites (tertiary alicyclic amines) is 1. The predicted molar refractivity (Wildman–Crippen MR) is 132 cm³/mol. The van der Waals surface area contributed by atoms with Crippen LogP contribution in [0.2, 0.25) is 0 Å². The van der Waals surface area contributed by atoms with Crippen molar-refractivity contribution >= 4 is 0 Å². The van der Waals surface area contributed by atoms with Crippen molar-refractivity contribution in [2.24, 2.45) is 0 Å². The Morgan fingerprint density at radius 3 is 2.49 bits per heavy atom. The first kappa shape index (κ1) is 22.2. The van der Waals surface area contributed by atoms with Crippen LogP contribution in [-0.2, 0) is 19.6 Å². The van der Waals surface area contributed by atoms with Crippen LogP contribution in [0.3, 0.4) is 0 Å². The third-order valence-corrected chi connectivity index (χ3v) is 6.91. The largest absolute Gasteiger partial charge is 0.492 e. The molecular formula is C28H31N3O4. The van der Waals surface area contributed by atoms with E-state index in [1.807, 2.05) is 18.2 Å². The Morgan fingerprint density at radius 1 is 0.829 bits per heavy atom. The average molecular weight is 474 g/mol. The first-order valence-corrected chi connectivity index (χ1v) is 12.4. The van der Waals surface area contributed by atoms with Gasteiger partial charge < -0.3 is 18.9 Å². The summed E-state index contributed by atoms with van der Waals surface area (Å²) in [6, 6.07) is 16.8. The third-order valence-electron chi connectivity index (χ3n) is 6.91. The zero-order valence-electron chi connectivity index (χ0n) is 19.9. The zero-order valence-corrected chi connectivity index (χ0v) is 19.9. The van der Waals surface area contributed by atoms with E-state index >= 15 is 0 Å². The molecule has 1 saturated heterocycles. The van der Waals surface area contributed by atoms with E-state index in [1.54, 1.807) is 12.4 Å². The van der Waals surface area contributed by atoms with E-state index in [1.165, 1.54) is 16.7 Å². The van der Waals surface area contributed by atoms with Crippen LogP contribution in [0.4, 0.5) is 0 Å². The number of aromatic nitrogens is 1. The average Bonchev–Trinajstić information content (AvgIpc) is 3.26. The van der Waals surface area contributed by atoms with Crippen LogP contribution in [0.25, 0.3) is 0 Å². The van der Waals surface area contributed by atoms with Gasteiger partial charge in [0.1, 0.15) is 24.2 Å². The minimum absolute atomic E-state index is 0.264. The molecule has 4 heterocycles. The lowest BCUT2D eigenvalue weighted by Gasteiger charge is -2.32. The van der Waals surface area contributed by atoms with Crippen molar-refractivity contribution in [1.82, 2.24) is 14.8 Å². The summed E-state index contributed by atoms with van der Waals surface area (Å²) in [6.45, 7) is 6.65. The van der Waals surface area contributed by atoms with Crippen molar-refractivity contribution in [3.05, 3.63) is 77.6 Å². The maximum Gasteiger partial charge on any atom is 0.231 e. The van der Waals surface area contributed by atoms with Gasteiger partial charge in [-0.1, -0.05) is 12.1 Å². The summed E-state index contributed by atoms with van der Waals surface area (Å²) in [4.78, 5) is 9.10. The molecule has 1 aromatic heterocycles. The molecule has 3 aromatic rings. The minimum atomic E-state index is 0.264. The van der Waals surface area contributed by atoms with Crippen LogP contribution in [0.15, 0.2) is 60.9 Å². The van der Waals surface area contributed by atoms with Crippen LogP contribution >= 0.6 is 0 Å². The molecule has 1 fully saturated rings. The molecule has 3 aliphatic rings. The first-order chi connectivity index (χ1) is 17.3. The first-order valence-electron chi connectivity index (χ1n) is 12.4. The fourth-order valence-corrected chi connectivity index (χ4v) is 5.09. The summed E-state index contributed by atoms with van der Waals surface area (Å²) in [5.74, 6) is 3.54. The number of fused-ring (bicyclic) bond motifs is 2. The summed E-state index contributed by atoms with van der Waals surface area (Å²) in [6.07, 6.45) is 5.90. The lowest BCUT2D eigenvalue weighted by atomic mass is 10.0. The quantitative estimate of drug-likeness (QED) is 0.531. The van der Waals surface area contributed by atoms with E-state index in [4.69, 9.17) is 18.9 Å². The molecule has 0 amide bonds. The molecule has 0 aliphatic carbocycles. The molecule has 0 spiro atoms. The molecule has 7 nitrogen and oxygen atoms in total. The second-order valence-electron chi connectivity index (χ2n) is 9.47. The van der Waals surface area contributed by atoms with Gasteiger partial charge in [-0.25, -0.2) is 0 Å². The Balaban J connectivity index is 1.06. The minimum Gasteiger partial charge on any atom is -0.492 e. The van der Waals surface area contributed by atoms with E-state index < -0.39 is 0 Å². The molecule has 35 heavy (non-hydrogen) atoms. The Labute approximate surface area is 206 Å². The lowest BCUT2D eigenvalue weighted by molar-refractivity contribution is 0.0965. The number of pyridine rings is 1. The topological polar surface area (TPSA) is 56.3 Å². The highest BCUT2D eigenvalue weighted by molar-refractivity contribution is 5.44. The van der Waals surface area contributed by atoms with Gasteiger partial charge in [-0.05, 0) is 60.4 Å². The molecular weight excluding hydrogens is 442 g/mol. The number of piperidine rings is 1. The van der Waals surface area contributed by atoms with Gasteiger partial charge in [-0.3, -0.25) is 14.8 Å². The summed E-state index contributed by atoms with van der Waals surface area (Å²) in [5, 5.41) is 0. The molecule has 6 rings (SSSR count). The molecule has 0 atom stereocenters. The highest BCUT2D eigenvalue weighted by Crippen LogP contribution is 2.33. The van der Waals surface area contributed by atoms with Crippen LogP contribution in [0.1, 0.15) is 29.5 Å². The summed E-state index contributed by atoms with van der Waals surface area (Å²) >= 11 is 0. The third kappa shape index (κ3) is 5.36. The van der Waals surface area contributed by atoms with E-state index in [-0.39, 0.29) is 6.10 Å². The van der Waals surface area contributed by atoms with Crippen molar-refractivity contribution in [1.29, 1.82) is 0 Å². The maximum atomic E-state index is 6.10. The van der Waals surface area contributed by atoms with Crippen LogP contribution in [0.5, 0.6) is 23.0 Å². The Kier molecular flexibility index (Phi) is 6.43. The second kappa shape index (κ2) is 10.1. The van der Waals surface area contributed by atoms with E-state index in [9.17, 15) is 0 Å². The standard InChI is InChI=1S/C28H31N3O4/c1-2-25(16-29-9-1)35-24-7-10-30(11-8-24)17-21-3-5-26-23(14-21)19-31(12-13-32-26)18-22-4-6-27-28(15-22)34-20-33-27/h1-6,9,14-16,24H,7-8,10-13,17-20H2. The van der Waals surface area contributed by atoms with Crippen LogP contribution in [-0.4, -0.2) is 53.9 Å². The fraction of sp³-hybridized carbons (Fsp3) is 0.393. The van der Waals surface area contributed by atoms with Crippen molar-refractivity contribution in [2.45, 2.75) is 38.6 Å². The number of rotatable bonds is 6. The van der Waals surface area contributed by atoms with Crippen LogP contribution < -0.4 is 18.9 Å². The van der Waals surface area contributed by atoms with Gasteiger partial charge in [0.15, 0.2) is 11.5 Å². The van der Waals surface area contributed by atoms with E-state index in [0.29, 0.717) is 13.4 Å². The molecule has 182 valence electrons. The highest BCUT2D eigenvalue weighted by atomic mass is 16.7. The smallest absolute Gasteiger partial charge is 0.231 e. The van der Waals surface area contributed by atoms with Gasteiger partial charge in [0.2, 0.25) is 6.79 Å². The number of benzene rings is 2. The van der Waals surface area contributed by atoms with Crippen molar-refractivity contribution in [2.75, 3.05) is 33.0 Å². The summed E-state index contributed by atoms with van der Waals surface area (Å²) < 4.78 is 23.2. The lowest BCUT2D eigenvalue weighted by Crippen LogP contribution is -2.37. The van der Waals surface area contributed by atoms with E-state index in [0.717, 1.165) is 75.1 Å². The van der Waals surface area contributed by atoms with Gasteiger partial charge in [0.25, 0.3) is 0 Å². The predicted octanol–water partition coefficient (Wildman–Crippen LogP) is 4.25. The number of nitrogens with zero attached hydrogens (tertiary/aromatic N) is 3. The normalized spacial score (nSPS) is 18.5. The van der Waals surface area contributed by atoms with Crippen molar-refractivity contribution < 1.29 is 18.9 Å². The molecule has 0 bridgehead atoms. The summed E-state index contributed by atoms with van der Waals surface area (Å²) in [7, 11) is 0. The Bertz CT molecular complexity index is 1150. The molecule has 0 saturated carbocycles. The molecule has 3 aliphatic heterocycles. The molecule has 7 heteroatoms. The van der Waals surface area contributed by atoms with Gasteiger partial charge in [0, 0.05) is 51.0 Å². The van der Waals surface area contributed by atoms with Gasteiger partial charge >= 0.3 is 0 Å². The number of ether oxygens (including phenoxy) is 4. The molecule has 0 radical (unpaired) electrons. The van der Waals surface area contributed by atoms with Crippen LogP contribution in [0, 0.1) is 0 Å². The van der Waals surface area contributed by atoms with Gasteiger partial charge in [0.05, 0.1) is 6.20 Å². The Hall–Kier alpha value is -3.29.